The maximum Gasteiger partial charge on any atom is 0.414 e. The van der Waals surface area contributed by atoms with E-state index in [9.17, 15) is 22.8 Å². The fourth-order valence-corrected chi connectivity index (χ4v) is 2.57. The Morgan fingerprint density at radius 3 is 2.54 bits per heavy atom. The molecule has 8 heteroatoms. The minimum Gasteiger partial charge on any atom is -0.442 e. The van der Waals surface area contributed by atoms with Crippen molar-refractivity contribution in [2.45, 2.75) is 13.0 Å². The van der Waals surface area contributed by atoms with Crippen molar-refractivity contribution in [2.75, 3.05) is 18.0 Å². The molecule has 5 nitrogen and oxygen atoms in total. The standard InChI is InChI=1S/C18H15F3N2O3/c1-10-2-4-11(5-3-10)23-9-12(26-18(23)25)8-22-17(24)13-6-7-14(19)16(21)15(13)20/h2-7,12H,8-9H2,1H3,(H,22,24). The van der Waals surface area contributed by atoms with Gasteiger partial charge in [-0.3, -0.25) is 9.69 Å². The zero-order valence-electron chi connectivity index (χ0n) is 13.8. The SMILES string of the molecule is Cc1ccc(N2CC(CNC(=O)c3ccc(F)c(F)c3F)OC2=O)cc1. The molecule has 0 radical (unpaired) electrons. The van der Waals surface area contributed by atoms with E-state index in [1.165, 1.54) is 4.90 Å². The minimum atomic E-state index is -1.71. The molecule has 1 saturated heterocycles. The van der Waals surface area contributed by atoms with Crippen LogP contribution in [0.3, 0.4) is 0 Å². The zero-order valence-corrected chi connectivity index (χ0v) is 13.8. The molecule has 0 saturated carbocycles. The van der Waals surface area contributed by atoms with Gasteiger partial charge in [0.05, 0.1) is 18.7 Å². The summed E-state index contributed by atoms with van der Waals surface area (Å²) in [4.78, 5) is 25.3. The number of rotatable bonds is 4. The summed E-state index contributed by atoms with van der Waals surface area (Å²) in [7, 11) is 0. The number of carbonyl (C=O) groups is 2. The molecule has 1 unspecified atom stereocenters. The van der Waals surface area contributed by atoms with Crippen LogP contribution in [0.25, 0.3) is 0 Å². The van der Waals surface area contributed by atoms with Crippen molar-refractivity contribution in [3.8, 4) is 0 Å². The normalized spacial score (nSPS) is 16.5. The molecule has 0 bridgehead atoms. The van der Waals surface area contributed by atoms with E-state index in [2.05, 4.69) is 5.32 Å². The van der Waals surface area contributed by atoms with Crippen LogP contribution in [0, 0.1) is 24.4 Å². The second-order valence-corrected chi connectivity index (χ2v) is 5.88. The van der Waals surface area contributed by atoms with Gasteiger partial charge in [-0.1, -0.05) is 17.7 Å². The van der Waals surface area contributed by atoms with E-state index >= 15 is 0 Å². The number of benzene rings is 2. The molecule has 1 fully saturated rings. The number of hydrogen-bond donors (Lipinski definition) is 1. The second kappa shape index (κ2) is 7.07. The monoisotopic (exact) mass is 364 g/mol. The van der Waals surface area contributed by atoms with Gasteiger partial charge < -0.3 is 10.1 Å². The predicted molar refractivity (Wildman–Crippen MR) is 87.4 cm³/mol. The highest BCUT2D eigenvalue weighted by atomic mass is 19.2. The fourth-order valence-electron chi connectivity index (χ4n) is 2.57. The van der Waals surface area contributed by atoms with Gasteiger partial charge in [0.2, 0.25) is 0 Å². The first-order valence-corrected chi connectivity index (χ1v) is 7.83. The summed E-state index contributed by atoms with van der Waals surface area (Å²) >= 11 is 0. The largest absolute Gasteiger partial charge is 0.442 e. The molecule has 3 rings (SSSR count). The number of nitrogens with zero attached hydrogens (tertiary/aromatic N) is 1. The van der Waals surface area contributed by atoms with Gasteiger partial charge in [0.25, 0.3) is 5.91 Å². The van der Waals surface area contributed by atoms with Crippen molar-refractivity contribution in [2.24, 2.45) is 0 Å². The molecule has 2 aromatic rings. The van der Waals surface area contributed by atoms with Crippen LogP contribution in [0.2, 0.25) is 0 Å². The Bertz CT molecular complexity index is 856. The van der Waals surface area contributed by atoms with E-state index in [4.69, 9.17) is 4.74 Å². The fraction of sp³-hybridized carbons (Fsp3) is 0.222. The molecular weight excluding hydrogens is 349 g/mol. The second-order valence-electron chi connectivity index (χ2n) is 5.88. The molecule has 0 aliphatic carbocycles. The van der Waals surface area contributed by atoms with Crippen molar-refractivity contribution in [3.05, 3.63) is 65.0 Å². The van der Waals surface area contributed by atoms with Gasteiger partial charge in [0.15, 0.2) is 17.5 Å². The van der Waals surface area contributed by atoms with Crippen molar-refractivity contribution in [1.29, 1.82) is 0 Å². The van der Waals surface area contributed by atoms with E-state index in [0.717, 1.165) is 11.6 Å². The Hall–Kier alpha value is -3.03. The number of cyclic esters (lactones) is 1. The van der Waals surface area contributed by atoms with E-state index in [1.54, 1.807) is 12.1 Å². The van der Waals surface area contributed by atoms with Crippen LogP contribution in [0.4, 0.5) is 23.7 Å². The highest BCUT2D eigenvalue weighted by Gasteiger charge is 2.32. The predicted octanol–water partition coefficient (Wildman–Crippen LogP) is 3.17. The highest BCUT2D eigenvalue weighted by Crippen LogP contribution is 2.22. The molecule has 0 aromatic heterocycles. The molecular formula is C18H15F3N2O3. The zero-order chi connectivity index (χ0) is 18.8. The number of anilines is 1. The van der Waals surface area contributed by atoms with Crippen LogP contribution in [0.5, 0.6) is 0 Å². The lowest BCUT2D eigenvalue weighted by atomic mass is 10.2. The number of aryl methyl sites for hydroxylation is 1. The van der Waals surface area contributed by atoms with Crippen LogP contribution >= 0.6 is 0 Å². The van der Waals surface area contributed by atoms with E-state index < -0.39 is 41.1 Å². The Kier molecular flexibility index (Phi) is 4.83. The number of amides is 2. The molecule has 26 heavy (non-hydrogen) atoms. The lowest BCUT2D eigenvalue weighted by Gasteiger charge is -2.13. The maximum atomic E-state index is 13.6. The number of carbonyl (C=O) groups excluding carboxylic acids is 2. The van der Waals surface area contributed by atoms with Gasteiger partial charge in [0, 0.05) is 5.69 Å². The topological polar surface area (TPSA) is 58.6 Å². The summed E-state index contributed by atoms with van der Waals surface area (Å²) < 4.78 is 44.9. The Morgan fingerprint density at radius 1 is 1.15 bits per heavy atom. The van der Waals surface area contributed by atoms with Gasteiger partial charge >= 0.3 is 6.09 Å². The van der Waals surface area contributed by atoms with Crippen LogP contribution in [0.1, 0.15) is 15.9 Å². The number of nitrogens with one attached hydrogen (secondary N) is 1. The smallest absolute Gasteiger partial charge is 0.414 e. The van der Waals surface area contributed by atoms with Crippen molar-refractivity contribution in [1.82, 2.24) is 5.32 Å². The van der Waals surface area contributed by atoms with Crippen LogP contribution in [0.15, 0.2) is 36.4 Å². The molecule has 136 valence electrons. The highest BCUT2D eigenvalue weighted by molar-refractivity contribution is 5.94. The Balaban J connectivity index is 1.62. The molecule has 1 heterocycles. The first-order valence-electron chi connectivity index (χ1n) is 7.83. The van der Waals surface area contributed by atoms with Crippen LogP contribution in [-0.2, 0) is 4.74 Å². The van der Waals surface area contributed by atoms with Gasteiger partial charge in [0.1, 0.15) is 6.10 Å². The van der Waals surface area contributed by atoms with Crippen molar-refractivity contribution >= 4 is 17.7 Å². The molecule has 2 amide bonds. The summed E-state index contributed by atoms with van der Waals surface area (Å²) in [5.74, 6) is -5.58. The quantitative estimate of drug-likeness (QED) is 0.848. The number of hydrogen-bond acceptors (Lipinski definition) is 3. The van der Waals surface area contributed by atoms with Gasteiger partial charge in [-0.2, -0.15) is 0 Å². The van der Waals surface area contributed by atoms with E-state index in [-0.39, 0.29) is 13.1 Å². The molecule has 2 aromatic carbocycles. The maximum absolute atomic E-state index is 13.6. The Morgan fingerprint density at radius 2 is 1.85 bits per heavy atom. The molecule has 1 aliphatic heterocycles. The van der Waals surface area contributed by atoms with Crippen LogP contribution < -0.4 is 10.2 Å². The molecule has 1 atom stereocenters. The number of halogens is 3. The minimum absolute atomic E-state index is 0.0919. The third kappa shape index (κ3) is 3.49. The number of ether oxygens (including phenoxy) is 1. The van der Waals surface area contributed by atoms with Gasteiger partial charge in [-0.25, -0.2) is 18.0 Å². The average Bonchev–Trinajstić information content (AvgIpc) is 2.99. The van der Waals surface area contributed by atoms with Gasteiger partial charge in [-0.05, 0) is 31.2 Å². The third-order valence-corrected chi connectivity index (χ3v) is 3.99. The van der Waals surface area contributed by atoms with Gasteiger partial charge in [-0.15, -0.1) is 0 Å². The van der Waals surface area contributed by atoms with E-state index in [1.807, 2.05) is 19.1 Å². The molecule has 1 N–H and O–H groups in total. The summed E-state index contributed by atoms with van der Waals surface area (Å²) in [6.07, 6.45) is -1.21. The van der Waals surface area contributed by atoms with E-state index in [0.29, 0.717) is 11.8 Å². The average molecular weight is 364 g/mol. The summed E-state index contributed by atoms with van der Waals surface area (Å²) in [5.41, 5.74) is 1.07. The lowest BCUT2D eigenvalue weighted by Crippen LogP contribution is -2.35. The van der Waals surface area contributed by atoms with Crippen molar-refractivity contribution in [3.63, 3.8) is 0 Å². The van der Waals surface area contributed by atoms with Crippen molar-refractivity contribution < 1.29 is 27.5 Å². The summed E-state index contributed by atoms with van der Waals surface area (Å²) in [5, 5.41) is 2.36. The molecule has 1 aliphatic rings. The first kappa shape index (κ1) is 17.8. The first-order chi connectivity index (χ1) is 12.4. The Labute approximate surface area is 147 Å². The summed E-state index contributed by atoms with van der Waals surface area (Å²) in [6.45, 7) is 2.02. The van der Waals surface area contributed by atoms with Crippen LogP contribution in [-0.4, -0.2) is 31.2 Å². The molecule has 0 spiro atoms. The lowest BCUT2D eigenvalue weighted by molar-refractivity contribution is 0.0911. The third-order valence-electron chi connectivity index (χ3n) is 3.99. The summed E-state index contributed by atoms with van der Waals surface area (Å²) in [6, 6.07) is 8.76.